The SMILES string of the molecule is COc1ccc2ccccc2c1/C=C1N=C(/C=C/c2cccc(Cl)c2Cl)OC\1=O. The van der Waals surface area contributed by atoms with Crippen LogP contribution in [0.4, 0.5) is 0 Å². The van der Waals surface area contributed by atoms with Gasteiger partial charge in [0.25, 0.3) is 0 Å². The summed E-state index contributed by atoms with van der Waals surface area (Å²) in [6.45, 7) is 0. The third-order valence-electron chi connectivity index (χ3n) is 4.46. The summed E-state index contributed by atoms with van der Waals surface area (Å²) < 4.78 is 10.7. The number of hydrogen-bond donors (Lipinski definition) is 0. The highest BCUT2D eigenvalue weighted by Crippen LogP contribution is 2.31. The number of aliphatic imine (C=N–C) groups is 1. The molecule has 0 bridgehead atoms. The highest BCUT2D eigenvalue weighted by Gasteiger charge is 2.22. The van der Waals surface area contributed by atoms with Crippen LogP contribution < -0.4 is 4.74 Å². The van der Waals surface area contributed by atoms with E-state index in [1.807, 2.05) is 36.4 Å². The van der Waals surface area contributed by atoms with Crippen molar-refractivity contribution >= 4 is 58.0 Å². The zero-order chi connectivity index (χ0) is 20.4. The van der Waals surface area contributed by atoms with Crippen LogP contribution in [0.3, 0.4) is 0 Å². The summed E-state index contributed by atoms with van der Waals surface area (Å²) in [4.78, 5) is 16.6. The van der Waals surface area contributed by atoms with Crippen LogP contribution in [0.25, 0.3) is 22.9 Å². The highest BCUT2D eigenvalue weighted by molar-refractivity contribution is 6.42. The number of rotatable bonds is 4. The predicted octanol–water partition coefficient (Wildman–Crippen LogP) is 6.16. The van der Waals surface area contributed by atoms with Crippen LogP contribution in [0.15, 0.2) is 71.4 Å². The Balaban J connectivity index is 1.71. The second kappa shape index (κ2) is 8.11. The molecular weight excluding hydrogens is 409 g/mol. The van der Waals surface area contributed by atoms with E-state index in [2.05, 4.69) is 4.99 Å². The summed E-state index contributed by atoms with van der Waals surface area (Å²) in [5.74, 6) is 0.294. The largest absolute Gasteiger partial charge is 0.496 e. The molecule has 0 unspecified atom stereocenters. The molecule has 1 heterocycles. The number of esters is 1. The van der Waals surface area contributed by atoms with Crippen LogP contribution >= 0.6 is 23.2 Å². The van der Waals surface area contributed by atoms with Crippen molar-refractivity contribution in [3.05, 3.63) is 87.5 Å². The number of fused-ring (bicyclic) bond motifs is 1. The third kappa shape index (κ3) is 3.90. The Kier molecular flexibility index (Phi) is 5.38. The maximum Gasteiger partial charge on any atom is 0.363 e. The molecule has 144 valence electrons. The lowest BCUT2D eigenvalue weighted by atomic mass is 10.0. The van der Waals surface area contributed by atoms with Crippen molar-refractivity contribution in [2.24, 2.45) is 4.99 Å². The average molecular weight is 424 g/mol. The zero-order valence-electron chi connectivity index (χ0n) is 15.4. The lowest BCUT2D eigenvalue weighted by Gasteiger charge is -2.08. The Bertz CT molecular complexity index is 1210. The molecule has 1 aliphatic heterocycles. The first-order valence-electron chi connectivity index (χ1n) is 8.77. The van der Waals surface area contributed by atoms with Crippen LogP contribution in [0.5, 0.6) is 5.75 Å². The molecule has 0 radical (unpaired) electrons. The lowest BCUT2D eigenvalue weighted by Crippen LogP contribution is -2.01. The molecule has 29 heavy (non-hydrogen) atoms. The van der Waals surface area contributed by atoms with Gasteiger partial charge in [-0.1, -0.05) is 65.7 Å². The number of hydrogen-bond acceptors (Lipinski definition) is 4. The van der Waals surface area contributed by atoms with Crippen molar-refractivity contribution in [1.82, 2.24) is 0 Å². The molecule has 1 aliphatic rings. The summed E-state index contributed by atoms with van der Waals surface area (Å²) in [6.07, 6.45) is 4.95. The van der Waals surface area contributed by atoms with E-state index >= 15 is 0 Å². The number of carbonyl (C=O) groups excluding carboxylic acids is 1. The summed E-state index contributed by atoms with van der Waals surface area (Å²) in [5.41, 5.74) is 1.66. The van der Waals surface area contributed by atoms with Gasteiger partial charge in [0, 0.05) is 11.6 Å². The van der Waals surface area contributed by atoms with Crippen molar-refractivity contribution in [2.45, 2.75) is 0 Å². The van der Waals surface area contributed by atoms with Gasteiger partial charge in [-0.15, -0.1) is 0 Å². The number of methoxy groups -OCH3 is 1. The Labute approximate surface area is 177 Å². The van der Waals surface area contributed by atoms with Crippen molar-refractivity contribution in [2.75, 3.05) is 7.11 Å². The van der Waals surface area contributed by atoms with E-state index in [0.717, 1.165) is 16.3 Å². The molecule has 3 aromatic rings. The average Bonchev–Trinajstić information content (AvgIpc) is 3.08. The third-order valence-corrected chi connectivity index (χ3v) is 5.29. The number of nitrogens with zero attached hydrogens (tertiary/aromatic N) is 1. The molecule has 0 atom stereocenters. The van der Waals surface area contributed by atoms with Crippen LogP contribution in [-0.2, 0) is 9.53 Å². The molecule has 0 N–H and O–H groups in total. The summed E-state index contributed by atoms with van der Waals surface area (Å²) in [7, 11) is 1.59. The topological polar surface area (TPSA) is 47.9 Å². The quantitative estimate of drug-likeness (QED) is 0.372. The molecule has 0 spiro atoms. The van der Waals surface area contributed by atoms with Gasteiger partial charge in [-0.25, -0.2) is 9.79 Å². The van der Waals surface area contributed by atoms with Gasteiger partial charge in [0.05, 0.1) is 17.2 Å². The smallest absolute Gasteiger partial charge is 0.363 e. The van der Waals surface area contributed by atoms with Gasteiger partial charge in [-0.3, -0.25) is 0 Å². The number of halogens is 2. The lowest BCUT2D eigenvalue weighted by molar-refractivity contribution is -0.129. The van der Waals surface area contributed by atoms with E-state index in [4.69, 9.17) is 32.7 Å². The monoisotopic (exact) mass is 423 g/mol. The molecule has 0 amide bonds. The molecule has 0 fully saturated rings. The maximum absolute atomic E-state index is 12.3. The Hall–Kier alpha value is -3.08. The van der Waals surface area contributed by atoms with Crippen molar-refractivity contribution in [1.29, 1.82) is 0 Å². The van der Waals surface area contributed by atoms with Gasteiger partial charge in [0.15, 0.2) is 5.70 Å². The fraction of sp³-hybridized carbons (Fsp3) is 0.0435. The van der Waals surface area contributed by atoms with E-state index in [0.29, 0.717) is 21.4 Å². The molecule has 4 rings (SSSR count). The van der Waals surface area contributed by atoms with E-state index in [1.165, 1.54) is 0 Å². The minimum absolute atomic E-state index is 0.177. The van der Waals surface area contributed by atoms with Gasteiger partial charge in [0.2, 0.25) is 5.90 Å². The van der Waals surface area contributed by atoms with E-state index < -0.39 is 5.97 Å². The van der Waals surface area contributed by atoms with Gasteiger partial charge in [0.1, 0.15) is 5.75 Å². The van der Waals surface area contributed by atoms with Crippen LogP contribution in [0.2, 0.25) is 10.0 Å². The Morgan fingerprint density at radius 1 is 1.00 bits per heavy atom. The maximum atomic E-state index is 12.3. The standard InChI is InChI=1S/C23H15Cl2NO3/c1-28-20-11-9-14-5-2-3-7-16(14)17(20)13-19-23(27)29-21(26-19)12-10-15-6-4-8-18(24)22(15)25/h2-13H,1H3/b12-10+,19-13-. The van der Waals surface area contributed by atoms with Gasteiger partial charge >= 0.3 is 5.97 Å². The molecule has 6 heteroatoms. The van der Waals surface area contributed by atoms with Crippen molar-refractivity contribution in [3.63, 3.8) is 0 Å². The fourth-order valence-corrected chi connectivity index (χ4v) is 3.42. The van der Waals surface area contributed by atoms with Gasteiger partial charge in [-0.05, 0) is 40.6 Å². The van der Waals surface area contributed by atoms with E-state index in [-0.39, 0.29) is 11.6 Å². The number of carbonyl (C=O) groups is 1. The van der Waals surface area contributed by atoms with Gasteiger partial charge < -0.3 is 9.47 Å². The highest BCUT2D eigenvalue weighted by atomic mass is 35.5. The number of benzene rings is 3. The molecule has 0 aromatic heterocycles. The molecule has 0 aliphatic carbocycles. The summed E-state index contributed by atoms with van der Waals surface area (Å²) in [5, 5.41) is 2.86. The fourth-order valence-electron chi connectivity index (χ4n) is 3.05. The molecule has 0 saturated heterocycles. The first kappa shape index (κ1) is 19.2. The van der Waals surface area contributed by atoms with Gasteiger partial charge in [-0.2, -0.15) is 0 Å². The minimum atomic E-state index is -0.531. The summed E-state index contributed by atoms with van der Waals surface area (Å²) >= 11 is 12.2. The van der Waals surface area contributed by atoms with Crippen LogP contribution in [0.1, 0.15) is 11.1 Å². The van der Waals surface area contributed by atoms with E-state index in [1.54, 1.807) is 43.5 Å². The van der Waals surface area contributed by atoms with Crippen molar-refractivity contribution in [3.8, 4) is 5.75 Å². The molecule has 0 saturated carbocycles. The Morgan fingerprint density at radius 3 is 2.66 bits per heavy atom. The first-order chi connectivity index (χ1) is 14.1. The van der Waals surface area contributed by atoms with Crippen molar-refractivity contribution < 1.29 is 14.3 Å². The predicted molar refractivity (Wildman–Crippen MR) is 117 cm³/mol. The second-order valence-electron chi connectivity index (χ2n) is 6.25. The normalized spacial score (nSPS) is 15.2. The molecule has 4 nitrogen and oxygen atoms in total. The number of cyclic esters (lactones) is 1. The number of ether oxygens (including phenoxy) is 2. The second-order valence-corrected chi connectivity index (χ2v) is 7.03. The minimum Gasteiger partial charge on any atom is -0.496 e. The first-order valence-corrected chi connectivity index (χ1v) is 9.53. The van der Waals surface area contributed by atoms with Crippen LogP contribution in [-0.4, -0.2) is 19.0 Å². The molecule has 3 aromatic carbocycles. The van der Waals surface area contributed by atoms with Crippen LogP contribution in [0, 0.1) is 0 Å². The molecular formula is C23H15Cl2NO3. The summed E-state index contributed by atoms with van der Waals surface area (Å²) in [6, 6.07) is 17.0. The van der Waals surface area contributed by atoms with E-state index in [9.17, 15) is 4.79 Å². The zero-order valence-corrected chi connectivity index (χ0v) is 16.9. The Morgan fingerprint density at radius 2 is 1.83 bits per heavy atom.